The third-order valence-corrected chi connectivity index (χ3v) is 7.16. The Hall–Kier alpha value is -6.64. The van der Waals surface area contributed by atoms with E-state index in [1.807, 2.05) is 48.5 Å². The molecule has 0 N–H and O–H groups in total. The van der Waals surface area contributed by atoms with Crippen molar-refractivity contribution in [2.45, 2.75) is 25.7 Å². The fourth-order valence-corrected chi connectivity index (χ4v) is 4.57. The maximum atomic E-state index is 12.6. The van der Waals surface area contributed by atoms with Gasteiger partial charge >= 0.3 is 11.9 Å². The minimum Gasteiger partial charge on any atom is -0.423 e. The third-order valence-electron chi connectivity index (χ3n) is 7.16. The Kier molecular flexibility index (Phi) is 11.3. The van der Waals surface area contributed by atoms with Crippen LogP contribution in [0.25, 0.3) is 0 Å². The van der Waals surface area contributed by atoms with Gasteiger partial charge in [0.25, 0.3) is 0 Å². The van der Waals surface area contributed by atoms with Crippen LogP contribution < -0.4 is 9.47 Å². The molecule has 8 heteroatoms. The van der Waals surface area contributed by atoms with Crippen molar-refractivity contribution in [3.05, 3.63) is 155 Å². The summed E-state index contributed by atoms with van der Waals surface area (Å²) < 4.78 is 10.9. The second kappa shape index (κ2) is 16.6. The number of hydrogen-bond donors (Lipinski definition) is 0. The Morgan fingerprint density at radius 2 is 0.958 bits per heavy atom. The van der Waals surface area contributed by atoms with Crippen LogP contribution in [0.4, 0.5) is 11.4 Å². The van der Waals surface area contributed by atoms with Gasteiger partial charge in [-0.15, -0.1) is 0 Å². The highest BCUT2D eigenvalue weighted by Gasteiger charge is 2.10. The van der Waals surface area contributed by atoms with Crippen molar-refractivity contribution in [2.24, 2.45) is 9.98 Å². The largest absolute Gasteiger partial charge is 0.423 e. The first kappa shape index (κ1) is 32.7. The number of benzene rings is 5. The second-order valence-corrected chi connectivity index (χ2v) is 10.7. The fourth-order valence-electron chi connectivity index (χ4n) is 4.57. The molecule has 0 aromatic heterocycles. The van der Waals surface area contributed by atoms with Crippen LogP contribution >= 0.6 is 0 Å². The highest BCUT2D eigenvalue weighted by atomic mass is 16.5. The van der Waals surface area contributed by atoms with Crippen LogP contribution in [0.1, 0.15) is 55.8 Å². The van der Waals surface area contributed by atoms with Crippen LogP contribution in [0.5, 0.6) is 11.5 Å². The summed E-state index contributed by atoms with van der Waals surface area (Å²) in [6.07, 6.45) is 5.67. The molecule has 0 radical (unpaired) electrons. The second-order valence-electron chi connectivity index (χ2n) is 10.7. The standard InChI is InChI=1S/C40H30N4O4/c41-24-2-6-29-8-20-37(21-9-29)47-39(45)33-12-16-35(17-13-33)43-27-31-4-1-5-32(26-31)28-44-36-18-14-34(15-19-36)40(46)48-38-22-10-30(11-23-38)7-3-25-42/h1,4-5,8-23,26-28H,2-3,6-7H2. The van der Waals surface area contributed by atoms with Crippen LogP contribution in [0, 0.1) is 22.7 Å². The maximum Gasteiger partial charge on any atom is 0.343 e. The molecule has 0 aliphatic carbocycles. The van der Waals surface area contributed by atoms with Crippen molar-refractivity contribution >= 4 is 35.7 Å². The molecule has 234 valence electrons. The minimum atomic E-state index is -0.466. The molecule has 5 aromatic rings. The number of rotatable bonds is 12. The number of aliphatic imine (C=N–C) groups is 2. The van der Waals surface area contributed by atoms with E-state index in [0.29, 0.717) is 59.7 Å². The van der Waals surface area contributed by atoms with Gasteiger partial charge in [-0.2, -0.15) is 10.5 Å². The van der Waals surface area contributed by atoms with Gasteiger partial charge in [-0.1, -0.05) is 42.5 Å². The van der Waals surface area contributed by atoms with Crippen LogP contribution in [-0.2, 0) is 12.8 Å². The van der Waals surface area contributed by atoms with Crippen molar-refractivity contribution in [1.29, 1.82) is 10.5 Å². The summed E-state index contributed by atoms with van der Waals surface area (Å²) in [7, 11) is 0. The van der Waals surface area contributed by atoms with Gasteiger partial charge in [0.2, 0.25) is 0 Å². The van der Waals surface area contributed by atoms with Crippen LogP contribution in [-0.4, -0.2) is 24.4 Å². The topological polar surface area (TPSA) is 125 Å². The Balaban J connectivity index is 1.13. The molecule has 0 unspecified atom stereocenters. The molecule has 0 aliphatic heterocycles. The molecule has 0 bridgehead atoms. The molecule has 8 nitrogen and oxygen atoms in total. The van der Waals surface area contributed by atoms with Crippen molar-refractivity contribution in [1.82, 2.24) is 0 Å². The van der Waals surface area contributed by atoms with E-state index in [2.05, 4.69) is 22.1 Å². The molecule has 0 saturated heterocycles. The maximum absolute atomic E-state index is 12.6. The van der Waals surface area contributed by atoms with Crippen LogP contribution in [0.3, 0.4) is 0 Å². The first-order valence-electron chi connectivity index (χ1n) is 15.2. The zero-order valence-corrected chi connectivity index (χ0v) is 26.0. The molecule has 0 spiro atoms. The van der Waals surface area contributed by atoms with Crippen molar-refractivity contribution < 1.29 is 19.1 Å². The van der Waals surface area contributed by atoms with Crippen LogP contribution in [0.15, 0.2) is 131 Å². The molecule has 0 fully saturated rings. The molecule has 0 heterocycles. The van der Waals surface area contributed by atoms with Crippen molar-refractivity contribution in [3.8, 4) is 23.6 Å². The number of nitriles is 2. The summed E-state index contributed by atoms with van der Waals surface area (Å²) in [6.45, 7) is 0. The first-order valence-corrected chi connectivity index (χ1v) is 15.2. The zero-order valence-electron chi connectivity index (χ0n) is 26.0. The lowest BCUT2D eigenvalue weighted by atomic mass is 10.1. The minimum absolute atomic E-state index is 0.407. The predicted octanol–water partition coefficient (Wildman–Crippen LogP) is 8.54. The quantitative estimate of drug-likeness (QED) is 0.0773. The van der Waals surface area contributed by atoms with Crippen molar-refractivity contribution in [3.63, 3.8) is 0 Å². The highest BCUT2D eigenvalue weighted by molar-refractivity contribution is 5.93. The number of nitrogens with zero attached hydrogens (tertiary/aromatic N) is 4. The summed E-state index contributed by atoms with van der Waals surface area (Å²) >= 11 is 0. The van der Waals surface area contributed by atoms with E-state index in [1.165, 1.54) is 0 Å². The van der Waals surface area contributed by atoms with E-state index < -0.39 is 11.9 Å². The molecule has 0 amide bonds. The summed E-state index contributed by atoms with van der Waals surface area (Å²) in [4.78, 5) is 34.2. The van der Waals surface area contributed by atoms with E-state index in [9.17, 15) is 9.59 Å². The molecule has 48 heavy (non-hydrogen) atoms. The molecule has 0 atom stereocenters. The van der Waals surface area contributed by atoms with Gasteiger partial charge in [0.05, 0.1) is 34.6 Å². The normalized spacial score (nSPS) is 10.8. The number of esters is 2. The zero-order chi connectivity index (χ0) is 33.6. The summed E-state index contributed by atoms with van der Waals surface area (Å²) in [5.74, 6) is -0.0503. The molecule has 5 aromatic carbocycles. The Morgan fingerprint density at radius 3 is 1.33 bits per heavy atom. The molecular weight excluding hydrogens is 600 g/mol. The monoisotopic (exact) mass is 630 g/mol. The lowest BCUT2D eigenvalue weighted by Gasteiger charge is -2.06. The Bertz CT molecular complexity index is 1860. The van der Waals surface area contributed by atoms with Crippen LogP contribution in [0.2, 0.25) is 0 Å². The molecule has 0 aliphatic rings. The SMILES string of the molecule is N#CCCc1ccc(OC(=O)c2ccc(N=Cc3cccc(C=Nc4ccc(C(=O)Oc5ccc(CCC#N)cc5)cc4)c3)cc2)cc1. The van der Waals surface area contributed by atoms with E-state index in [0.717, 1.165) is 22.3 Å². The highest BCUT2D eigenvalue weighted by Crippen LogP contribution is 2.20. The van der Waals surface area contributed by atoms with Gasteiger partial charge in [0.1, 0.15) is 11.5 Å². The van der Waals surface area contributed by atoms with Gasteiger partial charge in [-0.05, 0) is 114 Å². The third kappa shape index (κ3) is 9.68. The smallest absolute Gasteiger partial charge is 0.343 e. The molecular formula is C40H30N4O4. The van der Waals surface area contributed by atoms with E-state index in [1.54, 1.807) is 85.2 Å². The summed E-state index contributed by atoms with van der Waals surface area (Å²) in [6, 6.07) is 39.9. The number of hydrogen-bond acceptors (Lipinski definition) is 8. The van der Waals surface area contributed by atoms with Gasteiger partial charge in [0.15, 0.2) is 0 Å². The van der Waals surface area contributed by atoms with E-state index in [4.69, 9.17) is 20.0 Å². The van der Waals surface area contributed by atoms with E-state index >= 15 is 0 Å². The van der Waals surface area contributed by atoms with Gasteiger partial charge < -0.3 is 9.47 Å². The van der Waals surface area contributed by atoms with E-state index in [-0.39, 0.29) is 0 Å². The van der Waals surface area contributed by atoms with Gasteiger partial charge in [0, 0.05) is 25.3 Å². The molecule has 0 saturated carbocycles. The summed E-state index contributed by atoms with van der Waals surface area (Å²) in [5.41, 5.74) is 5.94. The number of carbonyl (C=O) groups is 2. The molecule has 5 rings (SSSR count). The lowest BCUT2D eigenvalue weighted by molar-refractivity contribution is 0.0725. The summed E-state index contributed by atoms with van der Waals surface area (Å²) in [5, 5.41) is 17.4. The first-order chi connectivity index (χ1) is 23.5. The van der Waals surface area contributed by atoms with Crippen molar-refractivity contribution in [2.75, 3.05) is 0 Å². The lowest BCUT2D eigenvalue weighted by Crippen LogP contribution is -2.08. The average Bonchev–Trinajstić information content (AvgIpc) is 3.13. The Labute approximate surface area is 278 Å². The average molecular weight is 631 g/mol. The van der Waals surface area contributed by atoms with Gasteiger partial charge in [-0.25, -0.2) is 9.59 Å². The Morgan fingerprint density at radius 1 is 0.562 bits per heavy atom. The number of aryl methyl sites for hydroxylation is 2. The van der Waals surface area contributed by atoms with Gasteiger partial charge in [-0.3, -0.25) is 9.98 Å². The number of ether oxygens (including phenoxy) is 2. The predicted molar refractivity (Wildman–Crippen MR) is 185 cm³/mol. The fraction of sp³-hybridized carbons (Fsp3) is 0.100. The number of carbonyl (C=O) groups excluding carboxylic acids is 2.